The molecule has 33 heavy (non-hydrogen) atoms. The van der Waals surface area contributed by atoms with Crippen LogP contribution >= 0.6 is 0 Å². The van der Waals surface area contributed by atoms with Crippen molar-refractivity contribution in [2.75, 3.05) is 5.32 Å². The summed E-state index contributed by atoms with van der Waals surface area (Å²) < 4.78 is 76.9. The monoisotopic (exact) mass is 459 g/mol. The number of carbonyl (C=O) groups is 1. The highest BCUT2D eigenvalue weighted by molar-refractivity contribution is 6.02. The van der Waals surface area contributed by atoms with E-state index in [4.69, 9.17) is 9.15 Å². The largest absolute Gasteiger partial charge is 0.479 e. The van der Waals surface area contributed by atoms with E-state index in [0.29, 0.717) is 5.69 Å². The van der Waals surface area contributed by atoms with Crippen LogP contribution in [0.15, 0.2) is 71.1 Å². The van der Waals surface area contributed by atoms with E-state index in [2.05, 4.69) is 5.32 Å². The van der Waals surface area contributed by atoms with Crippen LogP contribution < -0.4 is 10.1 Å². The molecule has 1 heterocycles. The minimum Gasteiger partial charge on any atom is -0.479 e. The first kappa shape index (κ1) is 22.1. The predicted molar refractivity (Wildman–Crippen MR) is 109 cm³/mol. The lowest BCUT2D eigenvalue weighted by atomic mass is 10.1. The average Bonchev–Trinajstić information content (AvgIpc) is 3.32. The second-order valence-corrected chi connectivity index (χ2v) is 6.85. The predicted octanol–water partition coefficient (Wildman–Crippen LogP) is 6.47. The van der Waals surface area contributed by atoms with E-state index in [1.54, 1.807) is 12.1 Å². The molecular formula is C24H14F5NO3. The normalized spacial score (nSPS) is 10.8. The van der Waals surface area contributed by atoms with Crippen molar-refractivity contribution in [1.82, 2.24) is 0 Å². The Morgan fingerprint density at radius 1 is 0.727 bits per heavy atom. The molecule has 4 aromatic rings. The second-order valence-electron chi connectivity index (χ2n) is 6.85. The molecule has 0 atom stereocenters. The van der Waals surface area contributed by atoms with Gasteiger partial charge in [0.15, 0.2) is 11.5 Å². The van der Waals surface area contributed by atoms with Gasteiger partial charge in [-0.05, 0) is 35.4 Å². The van der Waals surface area contributed by atoms with Gasteiger partial charge in [0.25, 0.3) is 5.91 Å². The highest BCUT2D eigenvalue weighted by Crippen LogP contribution is 2.30. The molecule has 1 aromatic heterocycles. The van der Waals surface area contributed by atoms with Gasteiger partial charge in [-0.1, -0.05) is 42.5 Å². The first-order valence-corrected chi connectivity index (χ1v) is 9.55. The van der Waals surface area contributed by atoms with Crippen molar-refractivity contribution in [2.45, 2.75) is 6.61 Å². The first-order valence-electron chi connectivity index (χ1n) is 9.55. The van der Waals surface area contributed by atoms with Gasteiger partial charge >= 0.3 is 0 Å². The fourth-order valence-corrected chi connectivity index (χ4v) is 3.00. The van der Waals surface area contributed by atoms with Crippen LogP contribution in [0.5, 0.6) is 5.75 Å². The third-order valence-electron chi connectivity index (χ3n) is 4.66. The van der Waals surface area contributed by atoms with Gasteiger partial charge in [0.1, 0.15) is 12.4 Å². The quantitative estimate of drug-likeness (QED) is 0.204. The average molecular weight is 459 g/mol. The lowest BCUT2D eigenvalue weighted by Gasteiger charge is -2.09. The zero-order valence-corrected chi connectivity index (χ0v) is 16.7. The maximum atomic E-state index is 13.7. The van der Waals surface area contributed by atoms with Crippen molar-refractivity contribution in [1.29, 1.82) is 0 Å². The Labute approximate surface area is 184 Å². The van der Waals surface area contributed by atoms with E-state index in [0.717, 1.165) is 11.1 Å². The highest BCUT2D eigenvalue weighted by Gasteiger charge is 2.27. The lowest BCUT2D eigenvalue weighted by molar-refractivity contribution is 0.0992. The Hall–Kier alpha value is -4.14. The minimum absolute atomic E-state index is 0.0662. The Kier molecular flexibility index (Phi) is 6.12. The van der Waals surface area contributed by atoms with Crippen molar-refractivity contribution >= 4 is 11.6 Å². The Balaban J connectivity index is 1.41. The minimum atomic E-state index is -2.29. The second kappa shape index (κ2) is 9.15. The van der Waals surface area contributed by atoms with Gasteiger partial charge in [0.05, 0.1) is 0 Å². The number of hydrogen-bond donors (Lipinski definition) is 1. The van der Waals surface area contributed by atoms with Crippen LogP contribution in [0.3, 0.4) is 0 Å². The molecule has 168 valence electrons. The SMILES string of the molecule is O=C(Nc1ccc(-c2ccccc2)cc1)c1ccc(COc2c(F)c(F)c(F)c(F)c2F)o1. The molecule has 0 saturated heterocycles. The van der Waals surface area contributed by atoms with Gasteiger partial charge in [-0.25, -0.2) is 13.2 Å². The number of amides is 1. The smallest absolute Gasteiger partial charge is 0.291 e. The molecule has 0 aliphatic rings. The molecule has 0 unspecified atom stereocenters. The van der Waals surface area contributed by atoms with Crippen molar-refractivity contribution in [2.24, 2.45) is 0 Å². The molecule has 0 bridgehead atoms. The van der Waals surface area contributed by atoms with Crippen LogP contribution in [-0.4, -0.2) is 5.91 Å². The van der Waals surface area contributed by atoms with Crippen molar-refractivity contribution in [3.8, 4) is 16.9 Å². The number of anilines is 1. The molecule has 0 aliphatic carbocycles. The Bertz CT molecular complexity index is 1270. The molecule has 0 saturated carbocycles. The number of furan rings is 1. The summed E-state index contributed by atoms with van der Waals surface area (Å²) in [7, 11) is 0. The lowest BCUT2D eigenvalue weighted by Crippen LogP contribution is -2.10. The third-order valence-corrected chi connectivity index (χ3v) is 4.66. The molecule has 0 fully saturated rings. The van der Waals surface area contributed by atoms with Crippen molar-refractivity contribution in [3.63, 3.8) is 0 Å². The summed E-state index contributed by atoms with van der Waals surface area (Å²) in [5.41, 5.74) is 2.47. The van der Waals surface area contributed by atoms with E-state index in [1.165, 1.54) is 12.1 Å². The highest BCUT2D eigenvalue weighted by atomic mass is 19.2. The fraction of sp³-hybridized carbons (Fsp3) is 0.0417. The van der Waals surface area contributed by atoms with Crippen molar-refractivity contribution in [3.05, 3.63) is 107 Å². The van der Waals surface area contributed by atoms with Gasteiger partial charge in [0, 0.05) is 5.69 Å². The Morgan fingerprint density at radius 3 is 1.94 bits per heavy atom. The maximum Gasteiger partial charge on any atom is 0.291 e. The third kappa shape index (κ3) is 4.57. The standard InChI is InChI=1S/C24H14F5NO3/c25-18-19(26)21(28)23(22(29)20(18)27)32-12-16-10-11-17(33-16)24(31)30-15-8-6-14(7-9-15)13-4-2-1-3-5-13/h1-11H,12H2,(H,30,31). The summed E-state index contributed by atoms with van der Waals surface area (Å²) in [6, 6.07) is 19.3. The molecule has 0 radical (unpaired) electrons. The summed E-state index contributed by atoms with van der Waals surface area (Å²) in [5.74, 6) is -13.0. The van der Waals surface area contributed by atoms with E-state index in [1.807, 2.05) is 42.5 Å². The number of carbonyl (C=O) groups excluding carboxylic acids is 1. The van der Waals surface area contributed by atoms with Gasteiger partial charge in [0.2, 0.25) is 29.1 Å². The summed E-state index contributed by atoms with van der Waals surface area (Å²) >= 11 is 0. The first-order chi connectivity index (χ1) is 15.8. The van der Waals surface area contributed by atoms with E-state index in [9.17, 15) is 26.7 Å². The maximum absolute atomic E-state index is 13.7. The molecule has 0 aliphatic heterocycles. The Morgan fingerprint density at radius 2 is 1.30 bits per heavy atom. The molecule has 4 rings (SSSR count). The van der Waals surface area contributed by atoms with Crippen LogP contribution in [0.1, 0.15) is 16.3 Å². The van der Waals surface area contributed by atoms with Crippen molar-refractivity contribution < 1.29 is 35.9 Å². The number of ether oxygens (including phenoxy) is 1. The topological polar surface area (TPSA) is 51.5 Å². The van der Waals surface area contributed by atoms with E-state index in [-0.39, 0.29) is 11.5 Å². The molecule has 9 heteroatoms. The van der Waals surface area contributed by atoms with E-state index >= 15 is 0 Å². The molecule has 1 amide bonds. The molecule has 4 nitrogen and oxygen atoms in total. The molecule has 1 N–H and O–H groups in total. The number of rotatable bonds is 6. The summed E-state index contributed by atoms with van der Waals surface area (Å²) in [5, 5.41) is 2.63. The zero-order chi connectivity index (χ0) is 23.5. The summed E-state index contributed by atoms with van der Waals surface area (Å²) in [4.78, 5) is 12.4. The summed E-state index contributed by atoms with van der Waals surface area (Å²) in [6.45, 7) is -0.669. The van der Waals surface area contributed by atoms with E-state index < -0.39 is 47.3 Å². The number of halogens is 5. The molecular weight excluding hydrogens is 445 g/mol. The van der Waals surface area contributed by atoms with Gasteiger partial charge in [-0.2, -0.15) is 8.78 Å². The van der Waals surface area contributed by atoms with Crippen LogP contribution in [0, 0.1) is 29.1 Å². The zero-order valence-electron chi connectivity index (χ0n) is 16.7. The van der Waals surface area contributed by atoms with Crippen LogP contribution in [0.25, 0.3) is 11.1 Å². The van der Waals surface area contributed by atoms with Gasteiger partial charge < -0.3 is 14.5 Å². The van der Waals surface area contributed by atoms with Gasteiger partial charge in [-0.15, -0.1) is 0 Å². The number of benzene rings is 3. The number of hydrogen-bond acceptors (Lipinski definition) is 3. The molecule has 3 aromatic carbocycles. The van der Waals surface area contributed by atoms with Crippen LogP contribution in [-0.2, 0) is 6.61 Å². The number of nitrogens with one attached hydrogen (secondary N) is 1. The van der Waals surface area contributed by atoms with Crippen LogP contribution in [0.2, 0.25) is 0 Å². The fourth-order valence-electron chi connectivity index (χ4n) is 3.00. The summed E-state index contributed by atoms with van der Waals surface area (Å²) in [6.07, 6.45) is 0. The van der Waals surface area contributed by atoms with Gasteiger partial charge in [-0.3, -0.25) is 4.79 Å². The van der Waals surface area contributed by atoms with Crippen LogP contribution in [0.4, 0.5) is 27.6 Å². The molecule has 0 spiro atoms.